The molecular formula is C12H11BrFNO. The van der Waals surface area contributed by atoms with Crippen molar-refractivity contribution < 1.29 is 8.81 Å². The monoisotopic (exact) mass is 283 g/mol. The molecule has 84 valence electrons. The molecule has 0 amide bonds. The highest BCUT2D eigenvalue weighted by Gasteiger charge is 2.10. The van der Waals surface area contributed by atoms with Crippen LogP contribution in [0.5, 0.6) is 0 Å². The minimum absolute atomic E-state index is 0.266. The minimum Gasteiger partial charge on any atom is -0.469 e. The number of halogens is 2. The number of rotatable bonds is 3. The normalized spacial score (nSPS) is 12.7. The molecule has 16 heavy (non-hydrogen) atoms. The van der Waals surface area contributed by atoms with Gasteiger partial charge in [0.2, 0.25) is 0 Å². The second kappa shape index (κ2) is 4.80. The first-order valence-electron chi connectivity index (χ1n) is 4.89. The molecule has 0 saturated carbocycles. The van der Waals surface area contributed by atoms with Crippen LogP contribution in [-0.2, 0) is 6.42 Å². The van der Waals surface area contributed by atoms with E-state index in [4.69, 9.17) is 10.2 Å². The van der Waals surface area contributed by atoms with Crippen LogP contribution in [0.4, 0.5) is 4.39 Å². The Hall–Kier alpha value is -1.13. The molecule has 0 aliphatic carbocycles. The molecule has 2 rings (SSSR count). The molecule has 1 unspecified atom stereocenters. The summed E-state index contributed by atoms with van der Waals surface area (Å²) in [6.45, 7) is 0. The molecular weight excluding hydrogens is 273 g/mol. The summed E-state index contributed by atoms with van der Waals surface area (Å²) in [6.07, 6.45) is 2.16. The van der Waals surface area contributed by atoms with Crippen LogP contribution in [0.2, 0.25) is 0 Å². The lowest BCUT2D eigenvalue weighted by atomic mass is 10.0. The zero-order valence-corrected chi connectivity index (χ0v) is 10.1. The van der Waals surface area contributed by atoms with Crippen LogP contribution in [0.1, 0.15) is 17.4 Å². The molecule has 1 aromatic carbocycles. The maximum absolute atomic E-state index is 13.2. The van der Waals surface area contributed by atoms with E-state index in [1.54, 1.807) is 6.26 Å². The summed E-state index contributed by atoms with van der Waals surface area (Å²) in [7, 11) is 0. The number of benzene rings is 1. The van der Waals surface area contributed by atoms with Crippen LogP contribution in [0.15, 0.2) is 45.5 Å². The maximum atomic E-state index is 13.2. The molecule has 2 aromatic rings. The molecule has 4 heteroatoms. The Balaban J connectivity index is 2.17. The van der Waals surface area contributed by atoms with Crippen LogP contribution >= 0.6 is 15.9 Å². The molecule has 0 fully saturated rings. The van der Waals surface area contributed by atoms with Gasteiger partial charge >= 0.3 is 0 Å². The van der Waals surface area contributed by atoms with Gasteiger partial charge in [0, 0.05) is 16.9 Å². The van der Waals surface area contributed by atoms with Gasteiger partial charge in [-0.1, -0.05) is 15.9 Å². The van der Waals surface area contributed by atoms with Crippen molar-refractivity contribution in [1.29, 1.82) is 0 Å². The quantitative estimate of drug-likeness (QED) is 0.938. The topological polar surface area (TPSA) is 39.2 Å². The predicted molar refractivity (Wildman–Crippen MR) is 63.4 cm³/mol. The fraction of sp³-hybridized carbons (Fsp3) is 0.167. The van der Waals surface area contributed by atoms with Gasteiger partial charge in [-0.15, -0.1) is 0 Å². The second-order valence-corrected chi connectivity index (χ2v) is 4.51. The molecule has 0 radical (unpaired) electrons. The van der Waals surface area contributed by atoms with Gasteiger partial charge in [0.05, 0.1) is 6.26 Å². The Kier molecular flexibility index (Phi) is 3.41. The summed E-state index contributed by atoms with van der Waals surface area (Å²) in [6, 6.07) is 8.06. The van der Waals surface area contributed by atoms with Crippen LogP contribution in [0.3, 0.4) is 0 Å². The Morgan fingerprint density at radius 3 is 2.81 bits per heavy atom. The molecule has 0 aliphatic heterocycles. The van der Waals surface area contributed by atoms with Gasteiger partial charge in [0.25, 0.3) is 0 Å². The lowest BCUT2D eigenvalue weighted by molar-refractivity contribution is 0.487. The summed E-state index contributed by atoms with van der Waals surface area (Å²) >= 11 is 3.24. The van der Waals surface area contributed by atoms with Crippen molar-refractivity contribution in [3.8, 4) is 0 Å². The number of furan rings is 1. The molecule has 0 spiro atoms. The largest absolute Gasteiger partial charge is 0.469 e. The van der Waals surface area contributed by atoms with Gasteiger partial charge in [-0.05, 0) is 35.9 Å². The first kappa shape index (κ1) is 11.4. The highest BCUT2D eigenvalue weighted by atomic mass is 79.9. The highest BCUT2D eigenvalue weighted by molar-refractivity contribution is 9.10. The van der Waals surface area contributed by atoms with Gasteiger partial charge in [-0.25, -0.2) is 4.39 Å². The maximum Gasteiger partial charge on any atom is 0.124 e. The van der Waals surface area contributed by atoms with E-state index < -0.39 is 0 Å². The Morgan fingerprint density at radius 1 is 1.38 bits per heavy atom. The van der Waals surface area contributed by atoms with E-state index in [0.717, 1.165) is 11.3 Å². The lowest BCUT2D eigenvalue weighted by Gasteiger charge is -2.11. The smallest absolute Gasteiger partial charge is 0.124 e. The summed E-state index contributed by atoms with van der Waals surface area (Å²) in [5.74, 6) is 0.507. The van der Waals surface area contributed by atoms with Gasteiger partial charge in [0.15, 0.2) is 0 Å². The average molecular weight is 284 g/mol. The third-order valence-electron chi connectivity index (χ3n) is 2.31. The van der Waals surface area contributed by atoms with E-state index in [9.17, 15) is 4.39 Å². The molecule has 2 nitrogen and oxygen atoms in total. The first-order chi connectivity index (χ1) is 7.65. The van der Waals surface area contributed by atoms with Crippen molar-refractivity contribution >= 4 is 15.9 Å². The molecule has 0 saturated heterocycles. The lowest BCUT2D eigenvalue weighted by Crippen LogP contribution is -2.13. The van der Waals surface area contributed by atoms with Gasteiger partial charge in [0.1, 0.15) is 11.6 Å². The van der Waals surface area contributed by atoms with Gasteiger partial charge < -0.3 is 10.2 Å². The average Bonchev–Trinajstić information content (AvgIpc) is 2.68. The summed E-state index contributed by atoms with van der Waals surface area (Å²) in [5.41, 5.74) is 6.73. The van der Waals surface area contributed by atoms with Crippen molar-refractivity contribution in [1.82, 2.24) is 0 Å². The number of nitrogens with two attached hydrogens (primary N) is 1. The molecule has 0 bridgehead atoms. The first-order valence-corrected chi connectivity index (χ1v) is 5.68. The van der Waals surface area contributed by atoms with E-state index in [0.29, 0.717) is 10.9 Å². The summed E-state index contributed by atoms with van der Waals surface area (Å²) in [5, 5.41) is 0. The van der Waals surface area contributed by atoms with Crippen molar-refractivity contribution in [3.05, 3.63) is 58.2 Å². The number of hydrogen-bond donors (Lipinski definition) is 1. The minimum atomic E-state index is -0.292. The van der Waals surface area contributed by atoms with Crippen LogP contribution < -0.4 is 5.73 Å². The second-order valence-electron chi connectivity index (χ2n) is 3.59. The fourth-order valence-electron chi connectivity index (χ4n) is 1.55. The Bertz CT molecular complexity index is 450. The third-order valence-corrected chi connectivity index (χ3v) is 2.77. The van der Waals surface area contributed by atoms with E-state index in [1.165, 1.54) is 12.1 Å². The van der Waals surface area contributed by atoms with Crippen molar-refractivity contribution in [2.45, 2.75) is 12.5 Å². The zero-order valence-electron chi connectivity index (χ0n) is 8.49. The van der Waals surface area contributed by atoms with Crippen LogP contribution in [0.25, 0.3) is 0 Å². The summed E-state index contributed by atoms with van der Waals surface area (Å²) < 4.78 is 19.1. The Labute approximate surface area is 101 Å². The van der Waals surface area contributed by atoms with Crippen molar-refractivity contribution in [2.24, 2.45) is 5.73 Å². The SMILES string of the molecule is NC(Cc1ccco1)c1cc(F)cc(Br)c1. The van der Waals surface area contributed by atoms with Gasteiger partial charge in [-0.2, -0.15) is 0 Å². The molecule has 2 N–H and O–H groups in total. The molecule has 1 heterocycles. The van der Waals surface area contributed by atoms with E-state index in [-0.39, 0.29) is 11.9 Å². The molecule has 0 aliphatic rings. The molecule has 1 aromatic heterocycles. The van der Waals surface area contributed by atoms with Crippen LogP contribution in [0, 0.1) is 5.82 Å². The van der Waals surface area contributed by atoms with E-state index in [2.05, 4.69) is 15.9 Å². The van der Waals surface area contributed by atoms with Crippen molar-refractivity contribution in [3.63, 3.8) is 0 Å². The van der Waals surface area contributed by atoms with Crippen LogP contribution in [-0.4, -0.2) is 0 Å². The predicted octanol–water partition coefficient (Wildman–Crippen LogP) is 3.42. The van der Waals surface area contributed by atoms with E-state index >= 15 is 0 Å². The zero-order chi connectivity index (χ0) is 11.5. The van der Waals surface area contributed by atoms with Gasteiger partial charge in [-0.3, -0.25) is 0 Å². The fourth-order valence-corrected chi connectivity index (χ4v) is 2.04. The Morgan fingerprint density at radius 2 is 2.19 bits per heavy atom. The summed E-state index contributed by atoms with van der Waals surface area (Å²) in [4.78, 5) is 0. The van der Waals surface area contributed by atoms with Crippen molar-refractivity contribution in [2.75, 3.05) is 0 Å². The standard InChI is InChI=1S/C12H11BrFNO/c13-9-4-8(5-10(14)6-9)12(15)7-11-2-1-3-16-11/h1-6,12H,7,15H2. The number of hydrogen-bond acceptors (Lipinski definition) is 2. The molecule has 1 atom stereocenters. The third kappa shape index (κ3) is 2.71. The van der Waals surface area contributed by atoms with E-state index in [1.807, 2.05) is 18.2 Å². The highest BCUT2D eigenvalue weighted by Crippen LogP contribution is 2.21.